The van der Waals surface area contributed by atoms with Gasteiger partial charge in [0.1, 0.15) is 0 Å². The van der Waals surface area contributed by atoms with Crippen molar-refractivity contribution in [2.24, 2.45) is 0 Å². The fourth-order valence-corrected chi connectivity index (χ4v) is 2.83. The zero-order valence-electron chi connectivity index (χ0n) is 11.9. The van der Waals surface area contributed by atoms with Crippen LogP contribution in [-0.4, -0.2) is 5.78 Å². The lowest BCUT2D eigenvalue weighted by Gasteiger charge is -2.35. The van der Waals surface area contributed by atoms with Gasteiger partial charge in [-0.05, 0) is 37.0 Å². The van der Waals surface area contributed by atoms with E-state index in [1.54, 1.807) is 0 Å². The van der Waals surface area contributed by atoms with Crippen molar-refractivity contribution in [2.45, 2.75) is 31.3 Å². The average molecular weight is 281 g/mol. The van der Waals surface area contributed by atoms with Crippen LogP contribution in [0.4, 0.5) is 5.69 Å². The molecule has 1 fully saturated rings. The maximum Gasteiger partial charge on any atom is 0.179 e. The Bertz CT molecular complexity index is 597. The summed E-state index contributed by atoms with van der Waals surface area (Å²) in [6.45, 7) is 0. The molecule has 3 nitrogen and oxygen atoms in total. The van der Waals surface area contributed by atoms with E-state index in [1.165, 1.54) is 0 Å². The highest BCUT2D eigenvalue weighted by Gasteiger charge is 2.43. The van der Waals surface area contributed by atoms with Gasteiger partial charge in [0.2, 0.25) is 0 Å². The molecule has 2 aromatic carbocycles. The quantitative estimate of drug-likeness (QED) is 0.859. The van der Waals surface area contributed by atoms with Crippen LogP contribution in [0.3, 0.4) is 0 Å². The maximum absolute atomic E-state index is 12.6. The van der Waals surface area contributed by atoms with E-state index in [4.69, 9.17) is 4.84 Å². The van der Waals surface area contributed by atoms with Gasteiger partial charge in [-0.25, -0.2) is 0 Å². The molecule has 1 aliphatic carbocycles. The Hall–Kier alpha value is -2.13. The zero-order valence-corrected chi connectivity index (χ0v) is 11.9. The Morgan fingerprint density at radius 1 is 0.905 bits per heavy atom. The lowest BCUT2D eigenvalue weighted by molar-refractivity contribution is -0.146. The molecule has 1 unspecified atom stereocenters. The van der Waals surface area contributed by atoms with E-state index in [2.05, 4.69) is 5.48 Å². The SMILES string of the molecule is O=C1CCCCC1(ONc1ccccc1)c1ccccc1. The van der Waals surface area contributed by atoms with Gasteiger partial charge in [0, 0.05) is 6.42 Å². The van der Waals surface area contributed by atoms with Gasteiger partial charge in [-0.15, -0.1) is 0 Å². The predicted octanol–water partition coefficient (Wildman–Crippen LogP) is 4.07. The number of carbonyl (C=O) groups excluding carboxylic acids is 1. The number of hydrogen-bond acceptors (Lipinski definition) is 3. The van der Waals surface area contributed by atoms with E-state index in [1.807, 2.05) is 60.7 Å². The smallest absolute Gasteiger partial charge is 0.179 e. The highest BCUT2D eigenvalue weighted by Crippen LogP contribution is 2.38. The van der Waals surface area contributed by atoms with E-state index >= 15 is 0 Å². The topological polar surface area (TPSA) is 38.3 Å². The van der Waals surface area contributed by atoms with Gasteiger partial charge in [-0.2, -0.15) is 0 Å². The van der Waals surface area contributed by atoms with Crippen LogP contribution >= 0.6 is 0 Å². The Morgan fingerprint density at radius 2 is 1.57 bits per heavy atom. The van der Waals surface area contributed by atoms with Crippen molar-refractivity contribution in [3.63, 3.8) is 0 Å². The molecule has 0 heterocycles. The second kappa shape index (κ2) is 6.10. The van der Waals surface area contributed by atoms with Crippen molar-refractivity contribution in [1.29, 1.82) is 0 Å². The van der Waals surface area contributed by atoms with Crippen molar-refractivity contribution < 1.29 is 9.63 Å². The van der Waals surface area contributed by atoms with Gasteiger partial charge in [0.25, 0.3) is 0 Å². The first kappa shape index (κ1) is 13.8. The molecule has 0 saturated heterocycles. The Labute approximate surface area is 124 Å². The number of anilines is 1. The molecular formula is C18H19NO2. The molecule has 0 radical (unpaired) electrons. The van der Waals surface area contributed by atoms with Crippen molar-refractivity contribution >= 4 is 11.5 Å². The number of ketones is 1. The number of hydrogen-bond donors (Lipinski definition) is 1. The monoisotopic (exact) mass is 281 g/mol. The first-order valence-electron chi connectivity index (χ1n) is 7.39. The molecule has 3 rings (SSSR count). The van der Waals surface area contributed by atoms with Crippen LogP contribution in [0.5, 0.6) is 0 Å². The summed E-state index contributed by atoms with van der Waals surface area (Å²) in [6.07, 6.45) is 3.24. The van der Waals surface area contributed by atoms with Crippen LogP contribution in [0.2, 0.25) is 0 Å². The highest BCUT2D eigenvalue weighted by molar-refractivity contribution is 5.89. The summed E-state index contributed by atoms with van der Waals surface area (Å²) in [5.41, 5.74) is 3.88. The highest BCUT2D eigenvalue weighted by atomic mass is 16.7. The molecule has 2 aromatic rings. The molecule has 108 valence electrons. The van der Waals surface area contributed by atoms with E-state index in [9.17, 15) is 4.79 Å². The van der Waals surface area contributed by atoms with Gasteiger partial charge in [0.05, 0.1) is 5.69 Å². The van der Waals surface area contributed by atoms with Crippen LogP contribution in [0, 0.1) is 0 Å². The van der Waals surface area contributed by atoms with Crippen molar-refractivity contribution in [1.82, 2.24) is 0 Å². The minimum atomic E-state index is -0.866. The minimum Gasteiger partial charge on any atom is -0.296 e. The van der Waals surface area contributed by atoms with Gasteiger partial charge in [0.15, 0.2) is 11.4 Å². The van der Waals surface area contributed by atoms with E-state index in [0.717, 1.165) is 30.5 Å². The number of nitrogens with one attached hydrogen (secondary N) is 1. The van der Waals surface area contributed by atoms with Gasteiger partial charge >= 0.3 is 0 Å². The third-order valence-corrected chi connectivity index (χ3v) is 3.99. The van der Waals surface area contributed by atoms with Crippen molar-refractivity contribution in [3.8, 4) is 0 Å². The average Bonchev–Trinajstić information content (AvgIpc) is 2.56. The van der Waals surface area contributed by atoms with Crippen LogP contribution in [0.1, 0.15) is 31.2 Å². The molecule has 0 aromatic heterocycles. The fraction of sp³-hybridized carbons (Fsp3) is 0.278. The number of rotatable bonds is 4. The molecule has 1 saturated carbocycles. The summed E-state index contributed by atoms with van der Waals surface area (Å²) < 4.78 is 0. The Morgan fingerprint density at radius 3 is 2.24 bits per heavy atom. The van der Waals surface area contributed by atoms with Gasteiger partial charge in [-0.3, -0.25) is 15.1 Å². The van der Waals surface area contributed by atoms with Crippen LogP contribution < -0.4 is 5.48 Å². The van der Waals surface area contributed by atoms with E-state index in [0.29, 0.717) is 6.42 Å². The lowest BCUT2D eigenvalue weighted by atomic mass is 9.78. The molecule has 21 heavy (non-hydrogen) atoms. The zero-order chi connectivity index (χ0) is 14.5. The third kappa shape index (κ3) is 2.83. The molecule has 0 bridgehead atoms. The van der Waals surface area contributed by atoms with E-state index < -0.39 is 5.60 Å². The largest absolute Gasteiger partial charge is 0.296 e. The maximum atomic E-state index is 12.6. The molecule has 1 N–H and O–H groups in total. The predicted molar refractivity (Wildman–Crippen MR) is 82.7 cm³/mol. The number of para-hydroxylation sites is 1. The van der Waals surface area contributed by atoms with Gasteiger partial charge < -0.3 is 0 Å². The summed E-state index contributed by atoms with van der Waals surface area (Å²) in [4.78, 5) is 18.5. The van der Waals surface area contributed by atoms with Crippen LogP contribution in [0.25, 0.3) is 0 Å². The Kier molecular flexibility index (Phi) is 4.02. The lowest BCUT2D eigenvalue weighted by Crippen LogP contribution is -2.42. The molecule has 0 aliphatic heterocycles. The second-order valence-electron chi connectivity index (χ2n) is 5.39. The summed E-state index contributed by atoms with van der Waals surface area (Å²) >= 11 is 0. The fourth-order valence-electron chi connectivity index (χ4n) is 2.83. The summed E-state index contributed by atoms with van der Waals surface area (Å²) in [7, 11) is 0. The molecule has 0 spiro atoms. The van der Waals surface area contributed by atoms with Crippen LogP contribution in [0.15, 0.2) is 60.7 Å². The molecule has 0 amide bonds. The van der Waals surface area contributed by atoms with Gasteiger partial charge in [-0.1, -0.05) is 48.5 Å². The normalized spacial score (nSPS) is 22.0. The van der Waals surface area contributed by atoms with Crippen molar-refractivity contribution in [2.75, 3.05) is 5.48 Å². The summed E-state index contributed by atoms with van der Waals surface area (Å²) in [5, 5.41) is 0. The Balaban J connectivity index is 1.88. The first-order chi connectivity index (χ1) is 10.3. The summed E-state index contributed by atoms with van der Waals surface area (Å²) in [5.74, 6) is 0.156. The third-order valence-electron chi connectivity index (χ3n) is 3.99. The van der Waals surface area contributed by atoms with E-state index in [-0.39, 0.29) is 5.78 Å². The molecule has 1 aliphatic rings. The number of carbonyl (C=O) groups is 1. The number of benzene rings is 2. The van der Waals surface area contributed by atoms with Crippen molar-refractivity contribution in [3.05, 3.63) is 66.2 Å². The minimum absolute atomic E-state index is 0.156. The number of Topliss-reactive ketones (excluding diaryl/α,β-unsaturated/α-hetero) is 1. The summed E-state index contributed by atoms with van der Waals surface area (Å²) in [6, 6.07) is 19.5. The van der Waals surface area contributed by atoms with Crippen LogP contribution in [-0.2, 0) is 15.2 Å². The second-order valence-corrected chi connectivity index (χ2v) is 5.39. The molecular weight excluding hydrogens is 262 g/mol. The first-order valence-corrected chi connectivity index (χ1v) is 7.39. The standard InChI is InChI=1S/C18H19NO2/c20-17-13-7-8-14-18(17,15-9-3-1-4-10-15)21-19-16-11-5-2-6-12-16/h1-6,9-12,19H,7-8,13-14H2. The molecule has 1 atom stereocenters. The molecule has 3 heteroatoms.